The molecule has 4 nitrogen and oxygen atoms in total. The van der Waals surface area contributed by atoms with Gasteiger partial charge in [0.1, 0.15) is 0 Å². The number of benzene rings is 2. The largest absolute Gasteiger partial charge is 0.459 e. The van der Waals surface area contributed by atoms with Crippen LogP contribution in [0.5, 0.6) is 0 Å². The second-order valence-electron chi connectivity index (χ2n) is 6.80. The summed E-state index contributed by atoms with van der Waals surface area (Å²) in [7, 11) is 0. The number of ether oxygens (including phenoxy) is 1. The van der Waals surface area contributed by atoms with Crippen LogP contribution in [0.4, 0.5) is 5.69 Å². The van der Waals surface area contributed by atoms with E-state index in [1.165, 1.54) is 0 Å². The minimum atomic E-state index is -0.816. The van der Waals surface area contributed by atoms with Gasteiger partial charge in [0.2, 0.25) is 0 Å². The molecule has 0 aliphatic carbocycles. The number of hydrogen-bond acceptors (Lipinski definition) is 3. The van der Waals surface area contributed by atoms with Crippen molar-refractivity contribution in [3.05, 3.63) is 64.7 Å². The summed E-state index contributed by atoms with van der Waals surface area (Å²) in [5.74, 6) is -1.44. The molecule has 2 aromatic carbocycles. The normalized spacial score (nSPS) is 21.8. The average molecular weight is 372 g/mol. The van der Waals surface area contributed by atoms with E-state index >= 15 is 0 Å². The van der Waals surface area contributed by atoms with E-state index in [1.54, 1.807) is 11.8 Å². The van der Waals surface area contributed by atoms with Crippen LogP contribution in [0.2, 0.25) is 5.02 Å². The van der Waals surface area contributed by atoms with E-state index in [9.17, 15) is 9.59 Å². The third-order valence-corrected chi connectivity index (χ3v) is 5.30. The topological polar surface area (TPSA) is 46.6 Å². The first-order chi connectivity index (χ1) is 12.4. The molecule has 1 amide bonds. The van der Waals surface area contributed by atoms with Gasteiger partial charge in [0.15, 0.2) is 0 Å². The van der Waals surface area contributed by atoms with Gasteiger partial charge in [0, 0.05) is 22.2 Å². The highest BCUT2D eigenvalue weighted by atomic mass is 35.5. The number of nitrogens with zero attached hydrogens (tertiary/aromatic N) is 1. The molecule has 1 heterocycles. The minimum absolute atomic E-state index is 0.150. The summed E-state index contributed by atoms with van der Waals surface area (Å²) >= 11 is 6.05. The van der Waals surface area contributed by atoms with E-state index in [-0.39, 0.29) is 18.1 Å². The Morgan fingerprint density at radius 1 is 1.19 bits per heavy atom. The third kappa shape index (κ3) is 3.10. The Morgan fingerprint density at radius 2 is 1.85 bits per heavy atom. The van der Waals surface area contributed by atoms with Crippen molar-refractivity contribution in [2.24, 2.45) is 0 Å². The first-order valence-corrected chi connectivity index (χ1v) is 9.12. The van der Waals surface area contributed by atoms with Crippen LogP contribution in [0, 0.1) is 0 Å². The number of esters is 1. The molecule has 0 spiro atoms. The zero-order valence-corrected chi connectivity index (χ0v) is 15.9. The van der Waals surface area contributed by atoms with Gasteiger partial charge in [-0.3, -0.25) is 9.69 Å². The lowest BCUT2D eigenvalue weighted by Gasteiger charge is -2.45. The first kappa shape index (κ1) is 18.5. The van der Waals surface area contributed by atoms with Crippen molar-refractivity contribution in [2.75, 3.05) is 11.5 Å². The molecule has 0 aromatic heterocycles. The Kier molecular flexibility index (Phi) is 5.05. The van der Waals surface area contributed by atoms with Gasteiger partial charge in [0.25, 0.3) is 0 Å². The van der Waals surface area contributed by atoms with Gasteiger partial charge in [0.05, 0.1) is 6.61 Å². The molecule has 0 saturated heterocycles. The van der Waals surface area contributed by atoms with Gasteiger partial charge in [-0.25, -0.2) is 4.79 Å². The monoisotopic (exact) mass is 371 g/mol. The first-order valence-electron chi connectivity index (χ1n) is 8.74. The highest BCUT2D eigenvalue weighted by Crippen LogP contribution is 2.46. The van der Waals surface area contributed by atoms with Crippen molar-refractivity contribution in [3.63, 3.8) is 0 Å². The second-order valence-corrected chi connectivity index (χ2v) is 7.24. The molecule has 0 fully saturated rings. The van der Waals surface area contributed by atoms with Crippen LogP contribution < -0.4 is 4.90 Å². The number of rotatable bonds is 2. The predicted octanol–water partition coefficient (Wildman–Crippen LogP) is 4.33. The van der Waals surface area contributed by atoms with Crippen molar-refractivity contribution in [1.29, 1.82) is 0 Å². The van der Waals surface area contributed by atoms with Crippen molar-refractivity contribution in [3.8, 4) is 0 Å². The molecule has 1 aliphatic heterocycles. The van der Waals surface area contributed by atoms with E-state index < -0.39 is 11.9 Å². The SMILES string of the molecule is CCOC(=O)C(=O)N1c2ccccc2[C@](C)(c2ccc(Cl)cc2)C[C@@H]1C. The van der Waals surface area contributed by atoms with E-state index in [0.717, 1.165) is 16.8 Å². The molecule has 1 aliphatic rings. The second kappa shape index (κ2) is 7.12. The van der Waals surface area contributed by atoms with Crippen LogP contribution in [-0.4, -0.2) is 24.5 Å². The summed E-state index contributed by atoms with van der Waals surface area (Å²) in [5, 5.41) is 0.689. The van der Waals surface area contributed by atoms with Crippen LogP contribution in [0.15, 0.2) is 48.5 Å². The molecule has 0 unspecified atom stereocenters. The van der Waals surface area contributed by atoms with Crippen LogP contribution in [0.25, 0.3) is 0 Å². The number of carbonyl (C=O) groups excluding carboxylic acids is 2. The molecule has 136 valence electrons. The third-order valence-electron chi connectivity index (χ3n) is 5.05. The smallest absolute Gasteiger partial charge is 0.397 e. The molecule has 5 heteroatoms. The Hall–Kier alpha value is -2.33. The zero-order valence-electron chi connectivity index (χ0n) is 15.2. The van der Waals surface area contributed by atoms with E-state index in [0.29, 0.717) is 11.4 Å². The maximum Gasteiger partial charge on any atom is 0.397 e. The van der Waals surface area contributed by atoms with E-state index in [1.807, 2.05) is 55.5 Å². The maximum absolute atomic E-state index is 12.7. The van der Waals surface area contributed by atoms with Crippen LogP contribution in [0.1, 0.15) is 38.3 Å². The predicted molar refractivity (Wildman–Crippen MR) is 103 cm³/mol. The van der Waals surface area contributed by atoms with E-state index in [2.05, 4.69) is 6.92 Å². The Morgan fingerprint density at radius 3 is 2.50 bits per heavy atom. The zero-order chi connectivity index (χ0) is 18.9. The van der Waals surface area contributed by atoms with Crippen LogP contribution >= 0.6 is 11.6 Å². The van der Waals surface area contributed by atoms with Gasteiger partial charge in [-0.15, -0.1) is 0 Å². The highest BCUT2D eigenvalue weighted by Gasteiger charge is 2.43. The number of halogens is 1. The van der Waals surface area contributed by atoms with Crippen molar-refractivity contribution >= 4 is 29.2 Å². The fourth-order valence-corrected chi connectivity index (χ4v) is 4.00. The molecule has 0 bridgehead atoms. The molecule has 26 heavy (non-hydrogen) atoms. The molecular weight excluding hydrogens is 350 g/mol. The summed E-state index contributed by atoms with van der Waals surface area (Å²) in [6.07, 6.45) is 0.691. The summed E-state index contributed by atoms with van der Waals surface area (Å²) < 4.78 is 4.93. The Balaban J connectivity index is 2.09. The van der Waals surface area contributed by atoms with Crippen LogP contribution in [0.3, 0.4) is 0 Å². The molecule has 2 atom stereocenters. The maximum atomic E-state index is 12.7. The lowest BCUT2D eigenvalue weighted by molar-refractivity contribution is -0.153. The summed E-state index contributed by atoms with van der Waals surface area (Å²) in [6, 6.07) is 15.4. The van der Waals surface area contributed by atoms with Crippen molar-refractivity contribution < 1.29 is 14.3 Å². The number of carbonyl (C=O) groups is 2. The van der Waals surface area contributed by atoms with Gasteiger partial charge >= 0.3 is 11.9 Å². The molecule has 3 rings (SSSR count). The number of fused-ring (bicyclic) bond motifs is 1. The number of hydrogen-bond donors (Lipinski definition) is 0. The lowest BCUT2D eigenvalue weighted by atomic mass is 9.69. The molecule has 0 saturated carbocycles. The van der Waals surface area contributed by atoms with Gasteiger partial charge in [-0.1, -0.05) is 48.9 Å². The van der Waals surface area contributed by atoms with Crippen molar-refractivity contribution in [2.45, 2.75) is 38.6 Å². The number of amides is 1. The van der Waals surface area contributed by atoms with Gasteiger partial charge < -0.3 is 4.74 Å². The molecule has 0 radical (unpaired) electrons. The number of para-hydroxylation sites is 1. The summed E-state index contributed by atoms with van der Waals surface area (Å²) in [5.41, 5.74) is 2.61. The summed E-state index contributed by atoms with van der Waals surface area (Å²) in [4.78, 5) is 26.3. The highest BCUT2D eigenvalue weighted by molar-refractivity contribution is 6.38. The summed E-state index contributed by atoms with van der Waals surface area (Å²) in [6.45, 7) is 5.99. The van der Waals surface area contributed by atoms with Crippen molar-refractivity contribution in [1.82, 2.24) is 0 Å². The standard InChI is InChI=1S/C21H22ClNO3/c1-4-26-20(25)19(24)23-14(2)13-21(3,15-9-11-16(22)12-10-15)17-7-5-6-8-18(17)23/h5-12,14H,4,13H2,1-3H3/t14-,21-/m0/s1. The minimum Gasteiger partial charge on any atom is -0.459 e. The number of anilines is 1. The average Bonchev–Trinajstić information content (AvgIpc) is 2.62. The van der Waals surface area contributed by atoms with Gasteiger partial charge in [-0.05, 0) is 49.6 Å². The van der Waals surface area contributed by atoms with Crippen LogP contribution in [-0.2, 0) is 19.7 Å². The fourth-order valence-electron chi connectivity index (χ4n) is 3.87. The van der Waals surface area contributed by atoms with Gasteiger partial charge in [-0.2, -0.15) is 0 Å². The quantitative estimate of drug-likeness (QED) is 0.583. The Bertz CT molecular complexity index is 833. The molecule has 0 N–H and O–H groups in total. The van der Waals surface area contributed by atoms with E-state index in [4.69, 9.17) is 16.3 Å². The molecular formula is C21H22ClNO3. The lowest BCUT2D eigenvalue weighted by Crippen LogP contribution is -2.50. The Labute approximate surface area is 158 Å². The molecule has 2 aromatic rings. The fraction of sp³-hybridized carbons (Fsp3) is 0.333.